The van der Waals surface area contributed by atoms with E-state index in [1.54, 1.807) is 0 Å². The summed E-state index contributed by atoms with van der Waals surface area (Å²) in [5.74, 6) is 2.59. The van der Waals surface area contributed by atoms with Crippen LogP contribution in [0.4, 0.5) is 0 Å². The first-order valence-electron chi connectivity index (χ1n) is 6.04. The molecule has 0 radical (unpaired) electrons. The lowest BCUT2D eigenvalue weighted by atomic mass is 10.0. The van der Waals surface area contributed by atoms with Crippen molar-refractivity contribution in [2.75, 3.05) is 38.2 Å². The Hall–Kier alpha value is 0.0700. The van der Waals surface area contributed by atoms with E-state index in [0.717, 1.165) is 36.6 Å². The third-order valence-corrected chi connectivity index (χ3v) is 5.07. The summed E-state index contributed by atoms with van der Waals surface area (Å²) in [6.07, 6.45) is 4.07. The molecule has 0 aromatic carbocycles. The van der Waals surface area contributed by atoms with Gasteiger partial charge in [-0.3, -0.25) is 4.21 Å². The molecule has 3 nitrogen and oxygen atoms in total. The Kier molecular flexibility index (Phi) is 4.17. The van der Waals surface area contributed by atoms with Gasteiger partial charge in [0.1, 0.15) is 0 Å². The number of nitrogens with zero attached hydrogens (tertiary/aromatic N) is 1. The van der Waals surface area contributed by atoms with E-state index in [9.17, 15) is 4.21 Å². The number of rotatable bonds is 3. The van der Waals surface area contributed by atoms with Gasteiger partial charge in [-0.2, -0.15) is 0 Å². The first-order valence-corrected chi connectivity index (χ1v) is 7.53. The minimum atomic E-state index is -0.532. The summed E-state index contributed by atoms with van der Waals surface area (Å²) in [4.78, 5) is 2.50. The van der Waals surface area contributed by atoms with E-state index < -0.39 is 10.8 Å². The van der Waals surface area contributed by atoms with Crippen LogP contribution in [0.25, 0.3) is 0 Å². The zero-order chi connectivity index (χ0) is 10.7. The quantitative estimate of drug-likeness (QED) is 0.763. The molecule has 2 aliphatic rings. The molecule has 0 amide bonds. The molecule has 0 bridgehead atoms. The highest BCUT2D eigenvalue weighted by Gasteiger charge is 2.28. The van der Waals surface area contributed by atoms with Crippen LogP contribution in [0.3, 0.4) is 0 Å². The molecule has 1 aliphatic carbocycles. The zero-order valence-corrected chi connectivity index (χ0v) is 10.4. The van der Waals surface area contributed by atoms with E-state index in [4.69, 9.17) is 0 Å². The molecule has 1 aliphatic heterocycles. The van der Waals surface area contributed by atoms with Crippen molar-refractivity contribution >= 4 is 10.8 Å². The summed E-state index contributed by atoms with van der Waals surface area (Å²) < 4.78 is 11.2. The van der Waals surface area contributed by atoms with Gasteiger partial charge in [0.15, 0.2) is 0 Å². The van der Waals surface area contributed by atoms with Crippen molar-refractivity contribution in [2.45, 2.75) is 25.3 Å². The fraction of sp³-hybridized carbons (Fsp3) is 1.00. The third kappa shape index (κ3) is 3.02. The molecule has 0 aromatic rings. The Morgan fingerprint density at radius 3 is 2.73 bits per heavy atom. The zero-order valence-electron chi connectivity index (χ0n) is 9.58. The van der Waals surface area contributed by atoms with Gasteiger partial charge in [-0.05, 0) is 25.8 Å². The van der Waals surface area contributed by atoms with Crippen LogP contribution in [0, 0.1) is 5.92 Å². The van der Waals surface area contributed by atoms with E-state index in [1.165, 1.54) is 25.8 Å². The van der Waals surface area contributed by atoms with Crippen molar-refractivity contribution in [1.29, 1.82) is 0 Å². The number of hydrogen-bond donors (Lipinski definition) is 1. The highest BCUT2D eigenvalue weighted by Crippen LogP contribution is 2.26. The molecule has 2 unspecified atom stereocenters. The second-order valence-electron chi connectivity index (χ2n) is 4.73. The van der Waals surface area contributed by atoms with Crippen molar-refractivity contribution in [1.82, 2.24) is 10.2 Å². The van der Waals surface area contributed by atoms with Gasteiger partial charge in [0.25, 0.3) is 0 Å². The van der Waals surface area contributed by atoms with Gasteiger partial charge >= 0.3 is 0 Å². The van der Waals surface area contributed by atoms with Gasteiger partial charge in [0.2, 0.25) is 0 Å². The van der Waals surface area contributed by atoms with E-state index in [0.29, 0.717) is 0 Å². The summed E-state index contributed by atoms with van der Waals surface area (Å²) in [6, 6.07) is 0.720. The lowest BCUT2D eigenvalue weighted by Gasteiger charge is -2.30. The molecule has 88 valence electrons. The van der Waals surface area contributed by atoms with Crippen LogP contribution in [0.15, 0.2) is 0 Å². The second kappa shape index (κ2) is 5.41. The lowest BCUT2D eigenvalue weighted by Crippen LogP contribution is -2.43. The molecule has 15 heavy (non-hydrogen) atoms. The average Bonchev–Trinajstić information content (AvgIpc) is 2.69. The molecule has 1 heterocycles. The SMILES string of the molecule is CNC1CCCC1CN1CCS(=O)CC1. The summed E-state index contributed by atoms with van der Waals surface area (Å²) >= 11 is 0. The molecule has 4 heteroatoms. The molecular weight excluding hydrogens is 208 g/mol. The van der Waals surface area contributed by atoms with Gasteiger partial charge in [-0.1, -0.05) is 6.42 Å². The highest BCUT2D eigenvalue weighted by molar-refractivity contribution is 7.85. The minimum Gasteiger partial charge on any atom is -0.317 e. The summed E-state index contributed by atoms with van der Waals surface area (Å²) in [5, 5.41) is 3.43. The highest BCUT2D eigenvalue weighted by atomic mass is 32.2. The maximum Gasteiger partial charge on any atom is 0.0363 e. The second-order valence-corrected chi connectivity index (χ2v) is 6.43. The Morgan fingerprint density at radius 1 is 1.33 bits per heavy atom. The molecule has 1 N–H and O–H groups in total. The van der Waals surface area contributed by atoms with Gasteiger partial charge < -0.3 is 10.2 Å². The van der Waals surface area contributed by atoms with E-state index in [1.807, 2.05) is 0 Å². The van der Waals surface area contributed by atoms with Crippen molar-refractivity contribution < 1.29 is 4.21 Å². The maximum absolute atomic E-state index is 11.2. The Labute approximate surface area is 95.1 Å². The van der Waals surface area contributed by atoms with Crippen LogP contribution in [-0.4, -0.2) is 53.3 Å². The van der Waals surface area contributed by atoms with Gasteiger partial charge in [0.05, 0.1) is 0 Å². The van der Waals surface area contributed by atoms with Crippen molar-refractivity contribution in [2.24, 2.45) is 5.92 Å². The Morgan fingerprint density at radius 2 is 2.07 bits per heavy atom. The van der Waals surface area contributed by atoms with Crippen molar-refractivity contribution in [3.8, 4) is 0 Å². The molecule has 2 atom stereocenters. The van der Waals surface area contributed by atoms with Crippen molar-refractivity contribution in [3.05, 3.63) is 0 Å². The largest absolute Gasteiger partial charge is 0.317 e. The summed E-state index contributed by atoms with van der Waals surface area (Å²) in [6.45, 7) is 3.29. The fourth-order valence-electron chi connectivity index (χ4n) is 2.83. The van der Waals surface area contributed by atoms with Crippen LogP contribution in [0.1, 0.15) is 19.3 Å². The van der Waals surface area contributed by atoms with E-state index >= 15 is 0 Å². The predicted octanol–water partition coefficient (Wildman–Crippen LogP) is 0.439. The third-order valence-electron chi connectivity index (χ3n) is 3.79. The van der Waals surface area contributed by atoms with E-state index in [2.05, 4.69) is 17.3 Å². The topological polar surface area (TPSA) is 32.3 Å². The molecule has 0 aromatic heterocycles. The summed E-state index contributed by atoms with van der Waals surface area (Å²) in [7, 11) is 1.55. The Balaban J connectivity index is 1.78. The minimum absolute atomic E-state index is 0.532. The molecule has 0 spiro atoms. The molecule has 2 fully saturated rings. The predicted molar refractivity (Wildman–Crippen MR) is 64.5 cm³/mol. The van der Waals surface area contributed by atoms with Crippen LogP contribution < -0.4 is 5.32 Å². The molecular formula is C11H22N2OS. The average molecular weight is 230 g/mol. The van der Waals surface area contributed by atoms with Gasteiger partial charge in [-0.15, -0.1) is 0 Å². The molecule has 2 rings (SSSR count). The Bertz CT molecular complexity index is 225. The number of nitrogens with one attached hydrogen (secondary N) is 1. The van der Waals surface area contributed by atoms with Crippen LogP contribution in [-0.2, 0) is 10.8 Å². The first kappa shape index (κ1) is 11.6. The first-order chi connectivity index (χ1) is 7.29. The maximum atomic E-state index is 11.2. The van der Waals surface area contributed by atoms with Gasteiger partial charge in [-0.25, -0.2) is 0 Å². The number of hydrogen-bond acceptors (Lipinski definition) is 3. The monoisotopic (exact) mass is 230 g/mol. The van der Waals surface area contributed by atoms with Crippen LogP contribution >= 0.6 is 0 Å². The molecule has 1 saturated carbocycles. The van der Waals surface area contributed by atoms with Crippen LogP contribution in [0.2, 0.25) is 0 Å². The smallest absolute Gasteiger partial charge is 0.0363 e. The summed E-state index contributed by atoms with van der Waals surface area (Å²) in [5.41, 5.74) is 0. The van der Waals surface area contributed by atoms with E-state index in [-0.39, 0.29) is 0 Å². The van der Waals surface area contributed by atoms with Crippen molar-refractivity contribution in [3.63, 3.8) is 0 Å². The molecule has 1 saturated heterocycles. The standard InChI is InChI=1S/C11H22N2OS/c1-12-11-4-2-3-10(11)9-13-5-7-15(14)8-6-13/h10-12H,2-9H2,1H3. The van der Waals surface area contributed by atoms with Gasteiger partial charge in [0, 0.05) is 48.0 Å². The normalized spacial score (nSPS) is 34.7. The fourth-order valence-corrected chi connectivity index (χ4v) is 3.95. The van der Waals surface area contributed by atoms with Crippen LogP contribution in [0.5, 0.6) is 0 Å². The lowest BCUT2D eigenvalue weighted by molar-refractivity contribution is 0.232.